The van der Waals surface area contributed by atoms with Crippen molar-refractivity contribution in [3.63, 3.8) is 0 Å². The fraction of sp³-hybridized carbons (Fsp3) is 0.636. The van der Waals surface area contributed by atoms with Gasteiger partial charge in [0, 0.05) is 36.6 Å². The predicted molar refractivity (Wildman–Crippen MR) is 117 cm³/mol. The number of ether oxygens (including phenoxy) is 1. The molecule has 5 rings (SSSR count). The van der Waals surface area contributed by atoms with Crippen molar-refractivity contribution in [1.82, 2.24) is 5.32 Å². The normalized spacial score (nSPS) is 26.0. The molecule has 1 unspecified atom stereocenters. The summed E-state index contributed by atoms with van der Waals surface area (Å²) in [5.41, 5.74) is -0.359. The number of hydrogen-bond donors (Lipinski definition) is 1. The van der Waals surface area contributed by atoms with Crippen molar-refractivity contribution in [1.29, 1.82) is 0 Å². The van der Waals surface area contributed by atoms with Crippen LogP contribution in [0.1, 0.15) is 32.1 Å². The van der Waals surface area contributed by atoms with Gasteiger partial charge in [-0.2, -0.15) is 0 Å². The van der Waals surface area contributed by atoms with Crippen molar-refractivity contribution in [2.24, 2.45) is 11.3 Å². The first-order chi connectivity index (χ1) is 15.6. The minimum Gasteiger partial charge on any atom is -0.442 e. The van der Waals surface area contributed by atoms with Crippen LogP contribution in [0.25, 0.3) is 0 Å². The molecular formula is C22H27F2N3O5S. The maximum Gasteiger partial charge on any atom is 0.414 e. The highest BCUT2D eigenvalue weighted by Crippen LogP contribution is 2.44. The minimum absolute atomic E-state index is 0.0207. The first-order valence-corrected chi connectivity index (χ1v) is 13.2. The van der Waals surface area contributed by atoms with Gasteiger partial charge in [-0.3, -0.25) is 9.69 Å². The molecule has 4 fully saturated rings. The summed E-state index contributed by atoms with van der Waals surface area (Å²) in [4.78, 5) is 27.0. The number of nitrogens with zero attached hydrogens (tertiary/aromatic N) is 2. The summed E-state index contributed by atoms with van der Waals surface area (Å²) in [6.45, 7) is 0.989. The first kappa shape index (κ1) is 22.4. The number of rotatable bonds is 5. The molecule has 11 heteroatoms. The van der Waals surface area contributed by atoms with E-state index in [-0.39, 0.29) is 53.2 Å². The van der Waals surface area contributed by atoms with Crippen LogP contribution in [0.3, 0.4) is 0 Å². The van der Waals surface area contributed by atoms with Crippen LogP contribution in [0.5, 0.6) is 0 Å². The zero-order valence-corrected chi connectivity index (χ0v) is 19.0. The van der Waals surface area contributed by atoms with Gasteiger partial charge in [0.05, 0.1) is 30.3 Å². The quantitative estimate of drug-likeness (QED) is 0.690. The SMILES string of the molecule is O=C(NCC1CN(c2cc(F)c(N3CCC4(CC3)CS(=O)(=O)C4)c(F)c2)C(=O)O1)C1CCC1. The molecule has 2 amide bonds. The van der Waals surface area contributed by atoms with E-state index >= 15 is 0 Å². The molecule has 1 spiro atoms. The van der Waals surface area contributed by atoms with E-state index in [2.05, 4.69) is 5.32 Å². The summed E-state index contributed by atoms with van der Waals surface area (Å²) >= 11 is 0. The van der Waals surface area contributed by atoms with Crippen molar-refractivity contribution in [3.8, 4) is 0 Å². The summed E-state index contributed by atoms with van der Waals surface area (Å²) in [6, 6.07) is 2.24. The maximum absolute atomic E-state index is 15.0. The van der Waals surface area contributed by atoms with E-state index in [0.29, 0.717) is 25.9 Å². The van der Waals surface area contributed by atoms with Crippen molar-refractivity contribution in [3.05, 3.63) is 23.8 Å². The Labute approximate surface area is 191 Å². The monoisotopic (exact) mass is 483 g/mol. The third-order valence-corrected chi connectivity index (χ3v) is 9.46. The predicted octanol–water partition coefficient (Wildman–Crippen LogP) is 2.22. The molecule has 3 aliphatic heterocycles. The van der Waals surface area contributed by atoms with Gasteiger partial charge >= 0.3 is 6.09 Å². The summed E-state index contributed by atoms with van der Waals surface area (Å²) in [7, 11) is -2.96. The molecule has 0 radical (unpaired) electrons. The summed E-state index contributed by atoms with van der Waals surface area (Å²) in [6.07, 6.45) is 2.60. The molecule has 1 saturated carbocycles. The Balaban J connectivity index is 1.22. The Morgan fingerprint density at radius 1 is 1.15 bits per heavy atom. The van der Waals surface area contributed by atoms with Crippen LogP contribution in [-0.4, -0.2) is 64.2 Å². The standard InChI is InChI=1S/C22H27F2N3O5S/c23-17-8-15(27-11-16(32-21(27)29)10-25-20(28)14-2-1-3-14)9-18(24)19(17)26-6-4-22(5-7-26)12-33(30,31)13-22/h8-9,14,16H,1-7,10-13H2,(H,25,28). The Morgan fingerprint density at radius 2 is 1.79 bits per heavy atom. The summed E-state index contributed by atoms with van der Waals surface area (Å²) in [5, 5.41) is 2.78. The number of nitrogens with one attached hydrogen (secondary N) is 1. The van der Waals surface area contributed by atoms with Crippen LogP contribution in [0, 0.1) is 23.0 Å². The number of anilines is 2. The third-order valence-electron chi connectivity index (χ3n) is 7.36. The highest BCUT2D eigenvalue weighted by Gasteiger charge is 2.50. The number of piperidine rings is 1. The van der Waals surface area contributed by atoms with E-state index in [1.165, 1.54) is 4.90 Å². The number of sulfone groups is 1. The van der Waals surface area contributed by atoms with Crippen molar-refractivity contribution in [2.75, 3.05) is 47.5 Å². The summed E-state index contributed by atoms with van der Waals surface area (Å²) < 4.78 is 58.3. The van der Waals surface area contributed by atoms with Gasteiger partial charge in [-0.05, 0) is 25.7 Å². The van der Waals surface area contributed by atoms with E-state index in [0.717, 1.165) is 31.4 Å². The molecule has 0 bridgehead atoms. The van der Waals surface area contributed by atoms with Crippen molar-refractivity contribution >= 4 is 33.2 Å². The van der Waals surface area contributed by atoms with E-state index in [9.17, 15) is 26.8 Å². The molecule has 3 saturated heterocycles. The number of hydrogen-bond acceptors (Lipinski definition) is 6. The van der Waals surface area contributed by atoms with E-state index in [1.54, 1.807) is 4.90 Å². The van der Waals surface area contributed by atoms with Gasteiger partial charge in [-0.25, -0.2) is 22.0 Å². The summed E-state index contributed by atoms with van der Waals surface area (Å²) in [5.74, 6) is -1.30. The second kappa shape index (κ2) is 8.11. The van der Waals surface area contributed by atoms with Crippen molar-refractivity contribution in [2.45, 2.75) is 38.2 Å². The lowest BCUT2D eigenvalue weighted by atomic mass is 9.81. The fourth-order valence-corrected chi connectivity index (χ4v) is 7.62. The average molecular weight is 484 g/mol. The van der Waals surface area contributed by atoms with Gasteiger partial charge in [-0.15, -0.1) is 0 Å². The Bertz CT molecular complexity index is 1050. The minimum atomic E-state index is -2.96. The number of carbonyl (C=O) groups is 2. The maximum atomic E-state index is 15.0. The van der Waals surface area contributed by atoms with Gasteiger partial charge in [0.25, 0.3) is 0 Å². The third kappa shape index (κ3) is 4.27. The van der Waals surface area contributed by atoms with Crippen LogP contribution in [-0.2, 0) is 19.4 Å². The molecule has 1 aromatic rings. The topological polar surface area (TPSA) is 96.0 Å². The largest absolute Gasteiger partial charge is 0.442 e. The molecule has 1 aromatic carbocycles. The lowest BCUT2D eigenvalue weighted by Gasteiger charge is -2.47. The molecule has 3 heterocycles. The molecular weight excluding hydrogens is 456 g/mol. The van der Waals surface area contributed by atoms with Gasteiger partial charge in [-0.1, -0.05) is 6.42 Å². The number of benzene rings is 1. The zero-order chi connectivity index (χ0) is 23.4. The Kier molecular flexibility index (Phi) is 5.49. The van der Waals surface area contributed by atoms with Gasteiger partial charge in [0.15, 0.2) is 21.5 Å². The van der Waals surface area contributed by atoms with Crippen LogP contribution >= 0.6 is 0 Å². The number of cyclic esters (lactones) is 1. The number of halogens is 2. The first-order valence-electron chi connectivity index (χ1n) is 11.4. The molecule has 8 nitrogen and oxygen atoms in total. The van der Waals surface area contributed by atoms with Crippen LogP contribution in [0.4, 0.5) is 25.0 Å². The molecule has 1 N–H and O–H groups in total. The molecule has 1 aliphatic carbocycles. The van der Waals surface area contributed by atoms with Crippen molar-refractivity contribution < 1.29 is 31.5 Å². The molecule has 180 valence electrons. The van der Waals surface area contributed by atoms with Gasteiger partial charge in [0.2, 0.25) is 5.91 Å². The Hall–Kier alpha value is -2.43. The van der Waals surface area contributed by atoms with Crippen LogP contribution in [0.15, 0.2) is 12.1 Å². The second-order valence-corrected chi connectivity index (χ2v) is 11.8. The molecule has 4 aliphatic rings. The van der Waals surface area contributed by atoms with Crippen LogP contribution < -0.4 is 15.1 Å². The average Bonchev–Trinajstić information content (AvgIpc) is 3.05. The van der Waals surface area contributed by atoms with E-state index in [4.69, 9.17) is 4.74 Å². The Morgan fingerprint density at radius 3 is 2.33 bits per heavy atom. The molecule has 1 atom stereocenters. The van der Waals surface area contributed by atoms with Gasteiger partial charge < -0.3 is 15.0 Å². The lowest BCUT2D eigenvalue weighted by molar-refractivity contribution is -0.127. The zero-order valence-electron chi connectivity index (χ0n) is 18.2. The number of amides is 2. The highest BCUT2D eigenvalue weighted by atomic mass is 32.2. The number of carbonyl (C=O) groups excluding carboxylic acids is 2. The van der Waals surface area contributed by atoms with E-state index < -0.39 is 33.7 Å². The van der Waals surface area contributed by atoms with E-state index in [1.807, 2.05) is 0 Å². The smallest absolute Gasteiger partial charge is 0.414 e. The molecule has 33 heavy (non-hydrogen) atoms. The van der Waals surface area contributed by atoms with Crippen LogP contribution in [0.2, 0.25) is 0 Å². The highest BCUT2D eigenvalue weighted by molar-refractivity contribution is 7.92. The molecule has 0 aromatic heterocycles. The fourth-order valence-electron chi connectivity index (χ4n) is 5.26. The van der Waals surface area contributed by atoms with Gasteiger partial charge in [0.1, 0.15) is 11.8 Å². The second-order valence-electron chi connectivity index (χ2n) is 9.77. The lowest BCUT2D eigenvalue weighted by Crippen LogP contribution is -2.54.